The van der Waals surface area contributed by atoms with Gasteiger partial charge >= 0.3 is 0 Å². The van der Waals surface area contributed by atoms with Gasteiger partial charge in [-0.2, -0.15) is 0 Å². The van der Waals surface area contributed by atoms with Gasteiger partial charge in [0.2, 0.25) is 0 Å². The number of fused-ring (bicyclic) bond motifs is 1. The van der Waals surface area contributed by atoms with Crippen LogP contribution in [0, 0.1) is 0 Å². The second-order valence-electron chi connectivity index (χ2n) is 4.06. The van der Waals surface area contributed by atoms with Crippen molar-refractivity contribution in [3.05, 3.63) is 48.0 Å². The van der Waals surface area contributed by atoms with Crippen molar-refractivity contribution >= 4 is 16.6 Å². The Labute approximate surface area is 109 Å². The second kappa shape index (κ2) is 6.92. The molecule has 0 aromatic heterocycles. The van der Waals surface area contributed by atoms with Gasteiger partial charge in [-0.15, -0.1) is 0 Å². The van der Waals surface area contributed by atoms with Crippen LogP contribution in [-0.4, -0.2) is 11.8 Å². The molecule has 0 heterocycles. The third-order valence-corrected chi connectivity index (χ3v) is 2.84. The van der Waals surface area contributed by atoms with Crippen LogP contribution in [0.25, 0.3) is 10.8 Å². The first-order valence-electron chi connectivity index (χ1n) is 6.41. The minimum Gasteiger partial charge on any atom is -0.321 e. The number of rotatable bonds is 3. The predicted molar refractivity (Wildman–Crippen MR) is 77.7 cm³/mol. The van der Waals surface area contributed by atoms with Crippen LogP contribution in [0.4, 0.5) is 0 Å². The summed E-state index contributed by atoms with van der Waals surface area (Å²) in [6, 6.07) is 13.9. The molecule has 1 unspecified atom stereocenters. The fourth-order valence-corrected chi connectivity index (χ4v) is 1.85. The Morgan fingerprint density at radius 1 is 1.11 bits per heavy atom. The monoisotopic (exact) mass is 243 g/mol. The predicted octanol–water partition coefficient (Wildman–Crippen LogP) is 3.32. The van der Waals surface area contributed by atoms with E-state index in [-0.39, 0.29) is 5.78 Å². The maximum Gasteiger partial charge on any atom is 0.146 e. The molecular weight excluding hydrogens is 222 g/mol. The molecule has 2 rings (SSSR count). The number of ketones is 1. The lowest BCUT2D eigenvalue weighted by atomic mass is 9.98. The Hall–Kier alpha value is -1.67. The van der Waals surface area contributed by atoms with E-state index < -0.39 is 6.04 Å². The summed E-state index contributed by atoms with van der Waals surface area (Å²) in [6.07, 6.45) is 0.608. The summed E-state index contributed by atoms with van der Waals surface area (Å²) in [7, 11) is 0. The first kappa shape index (κ1) is 14.4. The maximum absolute atomic E-state index is 11.2. The van der Waals surface area contributed by atoms with Crippen LogP contribution in [0.2, 0.25) is 0 Å². The van der Waals surface area contributed by atoms with Crippen molar-refractivity contribution < 1.29 is 4.79 Å². The molecule has 2 aromatic carbocycles. The molecule has 0 bridgehead atoms. The second-order valence-corrected chi connectivity index (χ2v) is 4.06. The molecule has 0 saturated carbocycles. The fraction of sp³-hybridized carbons (Fsp3) is 0.312. The molecule has 0 aliphatic rings. The standard InChI is InChI=1S/C14H15NO.C2H6/c1-10(16)14(15)9-12-7-4-6-11-5-2-3-8-13(11)12;1-2/h2-8,14H,9,15H2,1H3;1-2H3. The van der Waals surface area contributed by atoms with Crippen molar-refractivity contribution in [1.29, 1.82) is 0 Å². The van der Waals surface area contributed by atoms with E-state index in [1.54, 1.807) is 0 Å². The smallest absolute Gasteiger partial charge is 0.146 e. The normalized spacial score (nSPS) is 11.6. The summed E-state index contributed by atoms with van der Waals surface area (Å²) < 4.78 is 0. The number of benzene rings is 2. The Balaban J connectivity index is 0.000000771. The topological polar surface area (TPSA) is 43.1 Å². The minimum atomic E-state index is -0.397. The molecule has 0 aliphatic carbocycles. The minimum absolute atomic E-state index is 0.0351. The van der Waals surface area contributed by atoms with E-state index in [4.69, 9.17) is 5.73 Å². The lowest BCUT2D eigenvalue weighted by Gasteiger charge is -2.10. The van der Waals surface area contributed by atoms with E-state index in [1.165, 1.54) is 17.7 Å². The van der Waals surface area contributed by atoms with Crippen molar-refractivity contribution in [2.45, 2.75) is 33.2 Å². The summed E-state index contributed by atoms with van der Waals surface area (Å²) in [4.78, 5) is 11.2. The number of hydrogen-bond acceptors (Lipinski definition) is 2. The highest BCUT2D eigenvalue weighted by molar-refractivity contribution is 5.87. The van der Waals surface area contributed by atoms with Gasteiger partial charge in [0.05, 0.1) is 6.04 Å². The molecule has 0 spiro atoms. The molecule has 2 N–H and O–H groups in total. The van der Waals surface area contributed by atoms with Crippen molar-refractivity contribution in [3.8, 4) is 0 Å². The Morgan fingerprint density at radius 3 is 2.39 bits per heavy atom. The van der Waals surface area contributed by atoms with Gasteiger partial charge < -0.3 is 5.73 Å². The van der Waals surface area contributed by atoms with E-state index in [2.05, 4.69) is 18.2 Å². The highest BCUT2D eigenvalue weighted by Gasteiger charge is 2.10. The van der Waals surface area contributed by atoms with E-state index in [9.17, 15) is 4.79 Å². The molecule has 0 amide bonds. The zero-order chi connectivity index (χ0) is 13.5. The molecule has 0 radical (unpaired) electrons. The van der Waals surface area contributed by atoms with Crippen LogP contribution in [0.3, 0.4) is 0 Å². The first-order chi connectivity index (χ1) is 8.68. The molecule has 1 atom stereocenters. The summed E-state index contributed by atoms with van der Waals surface area (Å²) >= 11 is 0. The Morgan fingerprint density at radius 2 is 1.72 bits per heavy atom. The lowest BCUT2D eigenvalue weighted by molar-refractivity contribution is -0.118. The van der Waals surface area contributed by atoms with Gasteiger partial charge in [0.25, 0.3) is 0 Å². The van der Waals surface area contributed by atoms with Gasteiger partial charge in [0, 0.05) is 0 Å². The van der Waals surface area contributed by atoms with Crippen LogP contribution in [0.5, 0.6) is 0 Å². The number of carbonyl (C=O) groups is 1. The quantitative estimate of drug-likeness (QED) is 0.898. The molecule has 2 nitrogen and oxygen atoms in total. The average molecular weight is 243 g/mol. The van der Waals surface area contributed by atoms with Crippen LogP contribution < -0.4 is 5.73 Å². The van der Waals surface area contributed by atoms with Crippen molar-refractivity contribution in [2.75, 3.05) is 0 Å². The van der Waals surface area contributed by atoms with Crippen LogP contribution in [0.1, 0.15) is 26.3 Å². The van der Waals surface area contributed by atoms with Gasteiger partial charge in [-0.3, -0.25) is 4.79 Å². The van der Waals surface area contributed by atoms with Gasteiger partial charge in [0.1, 0.15) is 5.78 Å². The Bertz CT molecular complexity index is 514. The molecule has 18 heavy (non-hydrogen) atoms. The molecule has 0 aliphatic heterocycles. The first-order valence-corrected chi connectivity index (χ1v) is 6.41. The van der Waals surface area contributed by atoms with Gasteiger partial charge in [-0.25, -0.2) is 0 Å². The van der Waals surface area contributed by atoms with Crippen LogP contribution >= 0.6 is 0 Å². The number of carbonyl (C=O) groups excluding carboxylic acids is 1. The largest absolute Gasteiger partial charge is 0.321 e. The molecule has 0 saturated heterocycles. The number of nitrogens with two attached hydrogens (primary N) is 1. The Kier molecular flexibility index (Phi) is 5.53. The zero-order valence-corrected chi connectivity index (χ0v) is 11.3. The van der Waals surface area contributed by atoms with E-state index in [0.717, 1.165) is 5.56 Å². The summed E-state index contributed by atoms with van der Waals surface area (Å²) in [5, 5.41) is 2.37. The van der Waals surface area contributed by atoms with Crippen molar-refractivity contribution in [2.24, 2.45) is 5.73 Å². The number of Topliss-reactive ketones (excluding diaryl/α,β-unsaturated/α-hetero) is 1. The average Bonchev–Trinajstić information content (AvgIpc) is 2.41. The van der Waals surface area contributed by atoms with Crippen LogP contribution in [0.15, 0.2) is 42.5 Å². The van der Waals surface area contributed by atoms with E-state index in [1.807, 2.05) is 38.1 Å². The summed E-state index contributed by atoms with van der Waals surface area (Å²) in [5.41, 5.74) is 6.93. The zero-order valence-electron chi connectivity index (χ0n) is 11.3. The molecule has 2 heteroatoms. The third kappa shape index (κ3) is 3.41. The highest BCUT2D eigenvalue weighted by Crippen LogP contribution is 2.19. The molecule has 96 valence electrons. The maximum atomic E-state index is 11.2. The summed E-state index contributed by atoms with van der Waals surface area (Å²) in [6.45, 7) is 5.54. The number of hydrogen-bond donors (Lipinski definition) is 1. The summed E-state index contributed by atoms with van der Waals surface area (Å²) in [5.74, 6) is 0.0351. The third-order valence-electron chi connectivity index (χ3n) is 2.84. The molecular formula is C16H21NO. The lowest BCUT2D eigenvalue weighted by Crippen LogP contribution is -2.30. The van der Waals surface area contributed by atoms with E-state index in [0.29, 0.717) is 6.42 Å². The molecule has 0 fully saturated rings. The highest BCUT2D eigenvalue weighted by atomic mass is 16.1. The van der Waals surface area contributed by atoms with Gasteiger partial charge in [-0.05, 0) is 29.7 Å². The van der Waals surface area contributed by atoms with Crippen molar-refractivity contribution in [3.63, 3.8) is 0 Å². The van der Waals surface area contributed by atoms with Crippen molar-refractivity contribution in [1.82, 2.24) is 0 Å². The van der Waals surface area contributed by atoms with Crippen LogP contribution in [-0.2, 0) is 11.2 Å². The molecule has 2 aromatic rings. The SMILES string of the molecule is CC.CC(=O)C(N)Cc1cccc2ccccc12. The van der Waals surface area contributed by atoms with Gasteiger partial charge in [0.15, 0.2) is 0 Å². The van der Waals surface area contributed by atoms with Gasteiger partial charge in [-0.1, -0.05) is 56.3 Å². The van der Waals surface area contributed by atoms with E-state index >= 15 is 0 Å². The fourth-order valence-electron chi connectivity index (χ4n) is 1.85.